The number of anilines is 1. The van der Waals surface area contributed by atoms with Gasteiger partial charge in [0.2, 0.25) is 0 Å². The third-order valence-corrected chi connectivity index (χ3v) is 5.04. The van der Waals surface area contributed by atoms with Crippen LogP contribution in [0, 0.1) is 13.8 Å². The Morgan fingerprint density at radius 1 is 1.31 bits per heavy atom. The Hall–Kier alpha value is -3.02. The molecule has 0 bridgehead atoms. The highest BCUT2D eigenvalue weighted by Crippen LogP contribution is 2.21. The summed E-state index contributed by atoms with van der Waals surface area (Å²) < 4.78 is 12.8. The molecule has 0 aliphatic carbocycles. The summed E-state index contributed by atoms with van der Waals surface area (Å²) in [4.78, 5) is 24.7. The monoisotopic (exact) mass is 402 g/mol. The molecule has 4 heterocycles. The molecule has 11 nitrogen and oxygen atoms in total. The first kappa shape index (κ1) is 19.3. The number of nitrogens with zero attached hydrogens (tertiary/aromatic N) is 4. The highest BCUT2D eigenvalue weighted by atomic mass is 16.5. The zero-order valence-electron chi connectivity index (χ0n) is 15.9. The van der Waals surface area contributed by atoms with E-state index in [0.29, 0.717) is 28.2 Å². The van der Waals surface area contributed by atoms with Crippen LogP contribution in [0.15, 0.2) is 23.1 Å². The lowest BCUT2D eigenvalue weighted by Gasteiger charge is -2.38. The third kappa shape index (κ3) is 3.55. The lowest BCUT2D eigenvalue weighted by atomic mass is 9.97. The molecule has 1 saturated heterocycles. The van der Waals surface area contributed by atoms with E-state index in [2.05, 4.69) is 20.3 Å². The molecule has 3 aromatic heterocycles. The van der Waals surface area contributed by atoms with Gasteiger partial charge in [-0.2, -0.15) is 0 Å². The summed E-state index contributed by atoms with van der Waals surface area (Å²) in [5.41, 5.74) is 7.12. The Morgan fingerprint density at radius 2 is 2.10 bits per heavy atom. The van der Waals surface area contributed by atoms with E-state index in [1.807, 2.05) is 0 Å². The van der Waals surface area contributed by atoms with Gasteiger partial charge in [-0.05, 0) is 19.9 Å². The molecule has 0 saturated carbocycles. The van der Waals surface area contributed by atoms with E-state index in [0.717, 1.165) is 0 Å². The van der Waals surface area contributed by atoms with Crippen LogP contribution in [0.5, 0.6) is 0 Å². The number of nitrogens with one attached hydrogen (secondary N) is 1. The molecule has 4 atom stereocenters. The van der Waals surface area contributed by atoms with E-state index in [-0.39, 0.29) is 19.0 Å². The van der Waals surface area contributed by atoms with Gasteiger partial charge in [0.05, 0.1) is 31.1 Å². The fourth-order valence-electron chi connectivity index (χ4n) is 3.50. The molecule has 1 amide bonds. The molecule has 1 aliphatic heterocycles. The molecule has 0 radical (unpaired) electrons. The number of amides is 1. The lowest BCUT2D eigenvalue weighted by Crippen LogP contribution is -2.59. The van der Waals surface area contributed by atoms with E-state index in [1.165, 1.54) is 12.7 Å². The minimum Gasteiger partial charge on any atom is -0.466 e. The standard InChI is InChI=1S/C18H22N6O5/c1-8-3-10(9(2)29-8)18(27)23-11-5-28-12(15(26)14(11)25)4-24-7-22-13-16(19)20-6-21-17(13)24/h3,6-7,11-12,14-15,25-26H,4-5H2,1-2H3,(H,23,27)(H2,19,20,21)/t11-,12-,14+,15-/m1/s1. The maximum atomic E-state index is 12.5. The zero-order chi connectivity index (χ0) is 20.7. The number of aliphatic hydroxyl groups is 2. The van der Waals surface area contributed by atoms with Crippen molar-refractivity contribution in [1.82, 2.24) is 24.8 Å². The number of aromatic nitrogens is 4. The summed E-state index contributed by atoms with van der Waals surface area (Å²) in [6, 6.07) is 0.860. The third-order valence-electron chi connectivity index (χ3n) is 5.04. The van der Waals surface area contributed by atoms with Crippen LogP contribution in [0.2, 0.25) is 0 Å². The molecule has 29 heavy (non-hydrogen) atoms. The molecule has 5 N–H and O–H groups in total. The van der Waals surface area contributed by atoms with Crippen LogP contribution >= 0.6 is 0 Å². The number of carbonyl (C=O) groups is 1. The molecule has 4 rings (SSSR count). The van der Waals surface area contributed by atoms with Gasteiger partial charge in [-0.15, -0.1) is 0 Å². The van der Waals surface area contributed by atoms with Crippen molar-refractivity contribution in [2.45, 2.75) is 44.7 Å². The van der Waals surface area contributed by atoms with E-state index in [9.17, 15) is 15.0 Å². The van der Waals surface area contributed by atoms with Gasteiger partial charge < -0.3 is 35.0 Å². The van der Waals surface area contributed by atoms with Crippen LogP contribution < -0.4 is 11.1 Å². The molecule has 0 unspecified atom stereocenters. The van der Waals surface area contributed by atoms with Gasteiger partial charge in [0.15, 0.2) is 11.5 Å². The van der Waals surface area contributed by atoms with Gasteiger partial charge in [0, 0.05) is 0 Å². The number of imidazole rings is 1. The number of hydrogen-bond acceptors (Lipinski definition) is 9. The van der Waals surface area contributed by atoms with Crippen LogP contribution in [0.1, 0.15) is 21.9 Å². The molecular formula is C18H22N6O5. The van der Waals surface area contributed by atoms with E-state index < -0.39 is 30.3 Å². The molecule has 1 aliphatic rings. The second-order valence-electron chi connectivity index (χ2n) is 7.09. The van der Waals surface area contributed by atoms with Crippen LogP contribution in [0.25, 0.3) is 11.2 Å². The fourth-order valence-corrected chi connectivity index (χ4v) is 3.50. The first-order valence-corrected chi connectivity index (χ1v) is 9.12. The Balaban J connectivity index is 1.44. The minimum absolute atomic E-state index is 0.0360. The van der Waals surface area contributed by atoms with Crippen molar-refractivity contribution in [1.29, 1.82) is 0 Å². The second-order valence-corrected chi connectivity index (χ2v) is 7.09. The molecule has 1 fully saturated rings. The summed E-state index contributed by atoms with van der Waals surface area (Å²) in [7, 11) is 0. The predicted molar refractivity (Wildman–Crippen MR) is 101 cm³/mol. The summed E-state index contributed by atoms with van der Waals surface area (Å²) in [6.45, 7) is 3.67. The van der Waals surface area contributed by atoms with Gasteiger partial charge in [0.25, 0.3) is 5.91 Å². The Morgan fingerprint density at radius 3 is 2.83 bits per heavy atom. The number of hydrogen-bond donors (Lipinski definition) is 4. The van der Waals surface area contributed by atoms with Crippen LogP contribution in [0.4, 0.5) is 5.82 Å². The Kier molecular flexibility index (Phi) is 4.94. The molecule has 0 spiro atoms. The van der Waals surface area contributed by atoms with Gasteiger partial charge in [-0.1, -0.05) is 0 Å². The maximum absolute atomic E-state index is 12.5. The number of furan rings is 1. The van der Waals surface area contributed by atoms with Crippen molar-refractivity contribution in [2.75, 3.05) is 12.3 Å². The van der Waals surface area contributed by atoms with Crippen molar-refractivity contribution in [3.63, 3.8) is 0 Å². The number of rotatable bonds is 4. The number of fused-ring (bicyclic) bond motifs is 1. The highest BCUT2D eigenvalue weighted by Gasteiger charge is 2.39. The average Bonchev–Trinajstić information content (AvgIpc) is 3.25. The summed E-state index contributed by atoms with van der Waals surface area (Å²) in [5.74, 6) is 0.958. The zero-order valence-corrected chi connectivity index (χ0v) is 15.9. The molecule has 11 heteroatoms. The molecule has 0 aromatic carbocycles. The maximum Gasteiger partial charge on any atom is 0.255 e. The molecule has 154 valence electrons. The summed E-state index contributed by atoms with van der Waals surface area (Å²) in [5, 5.41) is 23.8. The van der Waals surface area contributed by atoms with Gasteiger partial charge in [0.1, 0.15) is 41.7 Å². The van der Waals surface area contributed by atoms with Crippen molar-refractivity contribution in [3.8, 4) is 0 Å². The molecule has 3 aromatic rings. The minimum atomic E-state index is -1.22. The van der Waals surface area contributed by atoms with Crippen LogP contribution in [-0.4, -0.2) is 66.6 Å². The lowest BCUT2D eigenvalue weighted by molar-refractivity contribution is -0.152. The van der Waals surface area contributed by atoms with Crippen molar-refractivity contribution in [2.24, 2.45) is 0 Å². The second kappa shape index (κ2) is 7.43. The van der Waals surface area contributed by atoms with Gasteiger partial charge in [-0.3, -0.25) is 4.79 Å². The molecular weight excluding hydrogens is 380 g/mol. The smallest absolute Gasteiger partial charge is 0.255 e. The van der Waals surface area contributed by atoms with Crippen molar-refractivity contribution >= 4 is 22.9 Å². The number of nitrogen functional groups attached to an aromatic ring is 1. The fraction of sp³-hybridized carbons (Fsp3) is 0.444. The van der Waals surface area contributed by atoms with Gasteiger partial charge >= 0.3 is 0 Å². The number of ether oxygens (including phenoxy) is 1. The van der Waals surface area contributed by atoms with E-state index in [4.69, 9.17) is 14.9 Å². The summed E-state index contributed by atoms with van der Waals surface area (Å²) in [6.07, 6.45) is -0.299. The van der Waals surface area contributed by atoms with Crippen LogP contribution in [-0.2, 0) is 11.3 Å². The van der Waals surface area contributed by atoms with Crippen molar-refractivity contribution < 1.29 is 24.2 Å². The highest BCUT2D eigenvalue weighted by molar-refractivity contribution is 5.95. The number of nitrogens with two attached hydrogens (primary N) is 1. The number of carbonyl (C=O) groups excluding carboxylic acids is 1. The quantitative estimate of drug-likeness (QED) is 0.452. The first-order chi connectivity index (χ1) is 13.8. The Labute approximate surface area is 165 Å². The van der Waals surface area contributed by atoms with E-state index >= 15 is 0 Å². The van der Waals surface area contributed by atoms with E-state index in [1.54, 1.807) is 24.5 Å². The average molecular weight is 402 g/mol. The predicted octanol–water partition coefficient (Wildman–Crippen LogP) is -0.462. The normalized spacial score (nSPS) is 24.7. The SMILES string of the molecule is Cc1cc(C(=O)N[C@@H]2CO[C@H](Cn3cnc4c(N)ncnc43)[C@@H](O)[C@H]2O)c(C)o1. The van der Waals surface area contributed by atoms with Crippen LogP contribution in [0.3, 0.4) is 0 Å². The van der Waals surface area contributed by atoms with Gasteiger partial charge in [-0.25, -0.2) is 15.0 Å². The largest absolute Gasteiger partial charge is 0.466 e. The number of aryl methyl sites for hydroxylation is 2. The number of aliphatic hydroxyl groups excluding tert-OH is 2. The Bertz CT molecular complexity index is 1050. The van der Waals surface area contributed by atoms with Crippen molar-refractivity contribution in [3.05, 3.63) is 35.8 Å². The first-order valence-electron chi connectivity index (χ1n) is 9.12. The topological polar surface area (TPSA) is 162 Å². The summed E-state index contributed by atoms with van der Waals surface area (Å²) >= 11 is 0.